The van der Waals surface area contributed by atoms with Gasteiger partial charge in [0, 0.05) is 39.1 Å². The molecule has 7 heteroatoms. The van der Waals surface area contributed by atoms with E-state index in [0.29, 0.717) is 11.8 Å². The molecular weight excluding hydrogens is 268 g/mol. The van der Waals surface area contributed by atoms with Crippen LogP contribution in [0.2, 0.25) is 0 Å². The standard InChI is InChI=1S/C14H20N6O/c1-10-6-7-15-13(16-10)20-8-4-5-11(9-20)12-17-14(18-21-12)19(2)3/h6-7,11H,4-5,8-9H2,1-3H3/t11-/m0/s1. The van der Waals surface area contributed by atoms with E-state index < -0.39 is 0 Å². The van der Waals surface area contributed by atoms with E-state index in [1.165, 1.54) is 0 Å². The summed E-state index contributed by atoms with van der Waals surface area (Å²) in [5.74, 6) is 2.35. The summed E-state index contributed by atoms with van der Waals surface area (Å²) in [6.45, 7) is 3.76. The zero-order valence-electron chi connectivity index (χ0n) is 12.7. The number of nitrogens with zero attached hydrogens (tertiary/aromatic N) is 6. The van der Waals surface area contributed by atoms with Crippen LogP contribution in [0, 0.1) is 6.92 Å². The van der Waals surface area contributed by atoms with Crippen LogP contribution in [0.5, 0.6) is 0 Å². The van der Waals surface area contributed by atoms with Gasteiger partial charge in [0.15, 0.2) is 0 Å². The summed E-state index contributed by atoms with van der Waals surface area (Å²) in [6, 6.07) is 1.91. The van der Waals surface area contributed by atoms with Gasteiger partial charge in [0.05, 0.1) is 5.92 Å². The Morgan fingerprint density at radius 2 is 2.19 bits per heavy atom. The summed E-state index contributed by atoms with van der Waals surface area (Å²) in [5, 5.41) is 3.99. The van der Waals surface area contributed by atoms with Gasteiger partial charge in [-0.05, 0) is 31.0 Å². The smallest absolute Gasteiger partial charge is 0.265 e. The molecule has 0 unspecified atom stereocenters. The van der Waals surface area contributed by atoms with Crippen molar-refractivity contribution in [2.75, 3.05) is 37.0 Å². The molecule has 0 saturated carbocycles. The molecule has 0 spiro atoms. The van der Waals surface area contributed by atoms with Crippen molar-refractivity contribution in [2.45, 2.75) is 25.7 Å². The predicted molar refractivity (Wildman–Crippen MR) is 79.6 cm³/mol. The first-order valence-corrected chi connectivity index (χ1v) is 7.19. The van der Waals surface area contributed by atoms with Gasteiger partial charge in [-0.25, -0.2) is 9.97 Å². The number of aromatic nitrogens is 4. The molecule has 1 atom stereocenters. The lowest BCUT2D eigenvalue weighted by atomic mass is 9.98. The third kappa shape index (κ3) is 2.96. The Morgan fingerprint density at radius 3 is 2.90 bits per heavy atom. The lowest BCUT2D eigenvalue weighted by Gasteiger charge is -2.30. The first-order valence-electron chi connectivity index (χ1n) is 7.19. The molecule has 2 aromatic rings. The minimum atomic E-state index is 0.240. The summed E-state index contributed by atoms with van der Waals surface area (Å²) >= 11 is 0. The summed E-state index contributed by atoms with van der Waals surface area (Å²) in [4.78, 5) is 17.4. The molecule has 2 aromatic heterocycles. The van der Waals surface area contributed by atoms with Crippen LogP contribution in [0.15, 0.2) is 16.8 Å². The fourth-order valence-corrected chi connectivity index (χ4v) is 2.52. The molecular formula is C14H20N6O. The lowest BCUT2D eigenvalue weighted by Crippen LogP contribution is -2.35. The van der Waals surface area contributed by atoms with E-state index in [2.05, 4.69) is 25.0 Å². The highest BCUT2D eigenvalue weighted by atomic mass is 16.5. The van der Waals surface area contributed by atoms with Gasteiger partial charge in [0.25, 0.3) is 5.95 Å². The highest BCUT2D eigenvalue weighted by Gasteiger charge is 2.27. The Balaban J connectivity index is 1.76. The highest BCUT2D eigenvalue weighted by molar-refractivity contribution is 5.32. The zero-order valence-corrected chi connectivity index (χ0v) is 12.7. The predicted octanol–water partition coefficient (Wildman–Crippen LogP) is 1.62. The Morgan fingerprint density at radius 1 is 1.33 bits per heavy atom. The largest absolute Gasteiger partial charge is 0.344 e. The van der Waals surface area contributed by atoms with Crippen molar-refractivity contribution in [1.29, 1.82) is 0 Å². The van der Waals surface area contributed by atoms with Crippen LogP contribution in [-0.4, -0.2) is 47.3 Å². The minimum Gasteiger partial charge on any atom is -0.344 e. The van der Waals surface area contributed by atoms with Crippen LogP contribution in [0.25, 0.3) is 0 Å². The zero-order chi connectivity index (χ0) is 14.8. The van der Waals surface area contributed by atoms with Crippen LogP contribution in [0.1, 0.15) is 30.3 Å². The van der Waals surface area contributed by atoms with Gasteiger partial charge < -0.3 is 14.3 Å². The molecule has 0 radical (unpaired) electrons. The molecule has 1 fully saturated rings. The molecule has 1 aliphatic rings. The van der Waals surface area contributed by atoms with Crippen LogP contribution in [0.4, 0.5) is 11.9 Å². The first kappa shape index (κ1) is 13.8. The van der Waals surface area contributed by atoms with Gasteiger partial charge in [0.1, 0.15) is 0 Å². The molecule has 0 aromatic carbocycles. The van der Waals surface area contributed by atoms with Crippen molar-refractivity contribution >= 4 is 11.9 Å². The van der Waals surface area contributed by atoms with Crippen molar-refractivity contribution in [3.8, 4) is 0 Å². The van der Waals surface area contributed by atoms with Crippen LogP contribution in [-0.2, 0) is 0 Å². The molecule has 3 rings (SSSR count). The Labute approximate surface area is 124 Å². The lowest BCUT2D eigenvalue weighted by molar-refractivity contribution is 0.332. The molecule has 0 N–H and O–H groups in total. The van der Waals surface area contributed by atoms with Gasteiger partial charge in [-0.2, -0.15) is 4.98 Å². The monoisotopic (exact) mass is 288 g/mol. The quantitative estimate of drug-likeness (QED) is 0.849. The molecule has 21 heavy (non-hydrogen) atoms. The van der Waals surface area contributed by atoms with Crippen LogP contribution in [0.3, 0.4) is 0 Å². The topological polar surface area (TPSA) is 71.2 Å². The van der Waals surface area contributed by atoms with E-state index in [-0.39, 0.29) is 5.92 Å². The second-order valence-corrected chi connectivity index (χ2v) is 5.61. The summed E-state index contributed by atoms with van der Waals surface area (Å²) in [5.41, 5.74) is 0.981. The van der Waals surface area contributed by atoms with Gasteiger partial charge in [-0.3, -0.25) is 0 Å². The first-order chi connectivity index (χ1) is 10.1. The number of hydrogen-bond donors (Lipinski definition) is 0. The summed E-state index contributed by atoms with van der Waals surface area (Å²) in [6.07, 6.45) is 3.93. The average Bonchev–Trinajstić information content (AvgIpc) is 2.97. The van der Waals surface area contributed by atoms with E-state index in [9.17, 15) is 0 Å². The van der Waals surface area contributed by atoms with Crippen molar-refractivity contribution in [2.24, 2.45) is 0 Å². The van der Waals surface area contributed by atoms with Gasteiger partial charge in [-0.1, -0.05) is 0 Å². The minimum absolute atomic E-state index is 0.240. The third-order valence-electron chi connectivity index (χ3n) is 3.67. The van der Waals surface area contributed by atoms with Gasteiger partial charge in [0.2, 0.25) is 11.8 Å². The number of anilines is 2. The van der Waals surface area contributed by atoms with E-state index >= 15 is 0 Å². The van der Waals surface area contributed by atoms with Crippen molar-refractivity contribution in [3.05, 3.63) is 23.8 Å². The Kier molecular flexibility index (Phi) is 3.72. The molecule has 1 saturated heterocycles. The normalized spacial score (nSPS) is 18.8. The molecule has 7 nitrogen and oxygen atoms in total. The van der Waals surface area contributed by atoms with Crippen molar-refractivity contribution in [3.63, 3.8) is 0 Å². The third-order valence-corrected chi connectivity index (χ3v) is 3.67. The van der Waals surface area contributed by atoms with Crippen molar-refractivity contribution in [1.82, 2.24) is 20.1 Å². The number of hydrogen-bond acceptors (Lipinski definition) is 7. The average molecular weight is 288 g/mol. The molecule has 0 aliphatic carbocycles. The fraction of sp³-hybridized carbons (Fsp3) is 0.571. The van der Waals surface area contributed by atoms with Gasteiger partial charge in [-0.15, -0.1) is 0 Å². The van der Waals surface area contributed by atoms with Crippen molar-refractivity contribution < 1.29 is 4.52 Å². The van der Waals surface area contributed by atoms with E-state index in [1.54, 1.807) is 6.20 Å². The van der Waals surface area contributed by atoms with Crippen LogP contribution < -0.4 is 9.80 Å². The molecule has 0 bridgehead atoms. The molecule has 1 aliphatic heterocycles. The summed E-state index contributed by atoms with van der Waals surface area (Å²) in [7, 11) is 3.81. The molecule has 3 heterocycles. The maximum atomic E-state index is 5.40. The molecule has 112 valence electrons. The number of piperidine rings is 1. The van der Waals surface area contributed by atoms with E-state index in [0.717, 1.165) is 37.6 Å². The van der Waals surface area contributed by atoms with E-state index in [1.807, 2.05) is 32.0 Å². The maximum Gasteiger partial charge on any atom is 0.265 e. The second-order valence-electron chi connectivity index (χ2n) is 5.61. The highest BCUT2D eigenvalue weighted by Crippen LogP contribution is 2.28. The van der Waals surface area contributed by atoms with Crippen LogP contribution >= 0.6 is 0 Å². The number of aryl methyl sites for hydroxylation is 1. The fourth-order valence-electron chi connectivity index (χ4n) is 2.52. The maximum absolute atomic E-state index is 5.40. The Hall–Kier alpha value is -2.18. The number of rotatable bonds is 3. The van der Waals surface area contributed by atoms with E-state index in [4.69, 9.17) is 4.52 Å². The Bertz CT molecular complexity index is 611. The molecule has 0 amide bonds. The summed E-state index contributed by atoms with van der Waals surface area (Å²) < 4.78 is 5.40. The van der Waals surface area contributed by atoms with Gasteiger partial charge >= 0.3 is 0 Å². The second kappa shape index (κ2) is 5.67. The SMILES string of the molecule is Cc1ccnc(N2CCC[C@H](c3nc(N(C)C)no3)C2)n1.